The summed E-state index contributed by atoms with van der Waals surface area (Å²) in [4.78, 5) is -2.88. The fourth-order valence-electron chi connectivity index (χ4n) is 5.70. The number of hydrogen-bond donors (Lipinski definition) is 4. The van der Waals surface area contributed by atoms with E-state index in [4.69, 9.17) is 9.47 Å². The highest BCUT2D eigenvalue weighted by Gasteiger charge is 2.37. The van der Waals surface area contributed by atoms with E-state index in [1.54, 1.807) is 0 Å². The maximum absolute atomic E-state index is 15.5. The first-order valence-corrected chi connectivity index (χ1v) is 20.8. The zero-order chi connectivity index (χ0) is 43.2. The Morgan fingerprint density at radius 2 is 0.948 bits per heavy atom. The molecular formula is C32H16F8O14S4. The highest BCUT2D eigenvalue weighted by molar-refractivity contribution is 7.87. The summed E-state index contributed by atoms with van der Waals surface area (Å²) in [6, 6.07) is 5.05. The topological polar surface area (TPSA) is 236 Å². The summed E-state index contributed by atoms with van der Waals surface area (Å²) < 4.78 is 266. The molecule has 1 atom stereocenters. The molecule has 5 aromatic rings. The van der Waals surface area contributed by atoms with Crippen LogP contribution in [0.1, 0.15) is 11.1 Å². The first kappa shape index (κ1) is 42.4. The van der Waals surface area contributed by atoms with E-state index in [1.807, 2.05) is 0 Å². The second-order valence-electron chi connectivity index (χ2n) is 12.0. The van der Waals surface area contributed by atoms with Gasteiger partial charge in [-0.2, -0.15) is 51.2 Å². The van der Waals surface area contributed by atoms with Crippen molar-refractivity contribution in [2.75, 3.05) is 0 Å². The van der Waals surface area contributed by atoms with Crippen molar-refractivity contribution in [3.63, 3.8) is 0 Å². The SMILES string of the molecule is O=S(=O)(O)c1ccc2c(c1)CC(S(=O)(=O)O)C=C2Oc1c(F)c(F)c(-c2c(F)c(F)c(Oc3cc(S(=O)(=O)O)cc4cc(S(=O)(=O)O)ccc34)c(F)c2F)c(F)c1F. The molecule has 6 rings (SSSR count). The number of halogens is 8. The van der Waals surface area contributed by atoms with Gasteiger partial charge in [0.2, 0.25) is 34.8 Å². The van der Waals surface area contributed by atoms with Crippen LogP contribution in [-0.4, -0.2) is 57.1 Å². The highest BCUT2D eigenvalue weighted by atomic mass is 32.2. The fourth-order valence-corrected chi connectivity index (χ4v) is 7.96. The molecule has 0 radical (unpaired) electrons. The highest BCUT2D eigenvalue weighted by Crippen LogP contribution is 2.45. The van der Waals surface area contributed by atoms with Gasteiger partial charge in [-0.3, -0.25) is 18.2 Å². The van der Waals surface area contributed by atoms with Crippen molar-refractivity contribution in [3.8, 4) is 28.4 Å². The zero-order valence-electron chi connectivity index (χ0n) is 27.5. The van der Waals surface area contributed by atoms with Gasteiger partial charge in [0.15, 0.2) is 23.3 Å². The van der Waals surface area contributed by atoms with Crippen molar-refractivity contribution in [3.05, 3.63) is 112 Å². The molecule has 1 aliphatic carbocycles. The van der Waals surface area contributed by atoms with E-state index < -0.39 is 164 Å². The lowest BCUT2D eigenvalue weighted by atomic mass is 9.95. The normalized spacial score (nSPS) is 15.0. The number of fused-ring (bicyclic) bond motifs is 2. The van der Waals surface area contributed by atoms with Crippen LogP contribution in [0.4, 0.5) is 35.1 Å². The Morgan fingerprint density at radius 1 is 0.517 bits per heavy atom. The molecule has 14 nitrogen and oxygen atoms in total. The molecule has 1 aliphatic rings. The van der Waals surface area contributed by atoms with Crippen LogP contribution >= 0.6 is 0 Å². The van der Waals surface area contributed by atoms with Gasteiger partial charge in [-0.25, -0.2) is 17.6 Å². The second kappa shape index (κ2) is 14.3. The van der Waals surface area contributed by atoms with Gasteiger partial charge in [0.05, 0.1) is 25.8 Å². The molecule has 1 unspecified atom stereocenters. The summed E-state index contributed by atoms with van der Waals surface area (Å²) >= 11 is 0. The summed E-state index contributed by atoms with van der Waals surface area (Å²) in [5.74, 6) is -28.1. The van der Waals surface area contributed by atoms with Crippen LogP contribution in [0, 0.1) is 46.5 Å². The minimum absolute atomic E-state index is 0.335. The summed E-state index contributed by atoms with van der Waals surface area (Å²) in [6.07, 6.45) is -0.276. The summed E-state index contributed by atoms with van der Waals surface area (Å²) in [6.45, 7) is 0. The van der Waals surface area contributed by atoms with Gasteiger partial charge < -0.3 is 9.47 Å². The molecule has 5 aromatic carbocycles. The molecule has 4 N–H and O–H groups in total. The Labute approximate surface area is 319 Å². The zero-order valence-corrected chi connectivity index (χ0v) is 30.8. The van der Waals surface area contributed by atoms with Crippen molar-refractivity contribution in [1.82, 2.24) is 0 Å². The van der Waals surface area contributed by atoms with Gasteiger partial charge >= 0.3 is 0 Å². The Balaban J connectivity index is 1.48. The lowest BCUT2D eigenvalue weighted by Crippen LogP contribution is -2.26. The summed E-state index contributed by atoms with van der Waals surface area (Å²) in [5, 5.41) is -3.10. The Morgan fingerprint density at radius 3 is 1.41 bits per heavy atom. The van der Waals surface area contributed by atoms with Gasteiger partial charge in [-0.1, -0.05) is 0 Å². The first-order chi connectivity index (χ1) is 26.6. The number of hydrogen-bond acceptors (Lipinski definition) is 10. The smallest absolute Gasteiger partial charge is 0.294 e. The Kier molecular flexibility index (Phi) is 10.4. The second-order valence-corrected chi connectivity index (χ2v) is 17.9. The number of rotatable bonds is 9. The van der Waals surface area contributed by atoms with E-state index in [0.29, 0.717) is 42.5 Å². The van der Waals surface area contributed by atoms with Crippen LogP contribution in [-0.2, 0) is 46.9 Å². The van der Waals surface area contributed by atoms with Crippen molar-refractivity contribution in [2.45, 2.75) is 26.4 Å². The number of benzene rings is 5. The molecule has 0 aliphatic heterocycles. The predicted octanol–water partition coefficient (Wildman–Crippen LogP) is 6.38. The van der Waals surface area contributed by atoms with E-state index in [2.05, 4.69) is 0 Å². The van der Waals surface area contributed by atoms with Crippen molar-refractivity contribution in [2.24, 2.45) is 0 Å². The molecule has 0 saturated carbocycles. The van der Waals surface area contributed by atoms with E-state index in [0.717, 1.165) is 12.1 Å². The lowest BCUT2D eigenvalue weighted by Gasteiger charge is -2.24. The molecule has 0 fully saturated rings. The average molecular weight is 905 g/mol. The number of ether oxygens (including phenoxy) is 2. The van der Waals surface area contributed by atoms with E-state index in [1.165, 1.54) is 0 Å². The molecule has 26 heteroatoms. The molecule has 0 bridgehead atoms. The third kappa shape index (κ3) is 7.59. The van der Waals surface area contributed by atoms with Crippen LogP contribution < -0.4 is 9.47 Å². The van der Waals surface area contributed by atoms with Crippen LogP contribution in [0.2, 0.25) is 0 Å². The van der Waals surface area contributed by atoms with Crippen LogP contribution in [0.15, 0.2) is 69.3 Å². The molecular weight excluding hydrogens is 889 g/mol. The van der Waals surface area contributed by atoms with E-state index in [9.17, 15) is 51.9 Å². The van der Waals surface area contributed by atoms with Gasteiger partial charge in [-0.05, 0) is 65.9 Å². The van der Waals surface area contributed by atoms with Crippen molar-refractivity contribution >= 4 is 57.0 Å². The summed E-state index contributed by atoms with van der Waals surface area (Å²) in [7, 11) is -20.3. The monoisotopic (exact) mass is 904 g/mol. The quantitative estimate of drug-likeness (QED) is 0.0714. The van der Waals surface area contributed by atoms with Crippen molar-refractivity contribution < 1.29 is 96.5 Å². The van der Waals surface area contributed by atoms with E-state index in [-0.39, 0.29) is 5.56 Å². The molecule has 0 aromatic heterocycles. The van der Waals surface area contributed by atoms with Crippen molar-refractivity contribution in [1.29, 1.82) is 0 Å². The molecule has 58 heavy (non-hydrogen) atoms. The van der Waals surface area contributed by atoms with Gasteiger partial charge in [0, 0.05) is 17.0 Å². The molecule has 0 heterocycles. The first-order valence-electron chi connectivity index (χ1n) is 15.0. The largest absolute Gasteiger partial charge is 0.451 e. The molecule has 0 saturated heterocycles. The third-order valence-electron chi connectivity index (χ3n) is 8.36. The van der Waals surface area contributed by atoms with Gasteiger partial charge in [-0.15, -0.1) is 0 Å². The van der Waals surface area contributed by atoms with Crippen LogP contribution in [0.25, 0.3) is 27.7 Å². The lowest BCUT2D eigenvalue weighted by molar-refractivity contribution is 0.365. The molecule has 0 amide bonds. The minimum Gasteiger partial charge on any atom is -0.451 e. The van der Waals surface area contributed by atoms with Crippen LogP contribution in [0.5, 0.6) is 17.2 Å². The molecule has 308 valence electrons. The Hall–Kier alpha value is -5.22. The predicted molar refractivity (Wildman–Crippen MR) is 179 cm³/mol. The minimum atomic E-state index is -5.26. The van der Waals surface area contributed by atoms with Gasteiger partial charge in [0.25, 0.3) is 40.5 Å². The standard InChI is InChI=1S/C32H16F8O14S4/c33-23-21(24(34)28(38)31(27(23)37)53-19-9-15(57(47,48)49)7-11-5-13(55(41,42)43)1-3-17(11)19)22-25(35)29(39)32(30(40)26(22)36)54-20-10-16(58(50,51)52)8-12-6-14(56(44,45)46)2-4-18(12)20/h1-7,9-10,16H,8H2,(H,41,42,43)(H,44,45,46)(H,47,48,49)(H,50,51,52). The van der Waals surface area contributed by atoms with Crippen LogP contribution in [0.3, 0.4) is 0 Å². The Bertz CT molecular complexity index is 3080. The summed E-state index contributed by atoms with van der Waals surface area (Å²) in [5.41, 5.74) is -5.65. The fraction of sp³-hybridized carbons (Fsp3) is 0.0625. The molecule has 0 spiro atoms. The van der Waals surface area contributed by atoms with Gasteiger partial charge in [0.1, 0.15) is 16.8 Å². The third-order valence-corrected chi connectivity index (χ3v) is 12.0. The van der Waals surface area contributed by atoms with E-state index >= 15 is 35.1 Å². The average Bonchev–Trinajstić information content (AvgIpc) is 3.12. The maximum atomic E-state index is 15.5. The maximum Gasteiger partial charge on any atom is 0.294 e.